The summed E-state index contributed by atoms with van der Waals surface area (Å²) >= 11 is 0. The Morgan fingerprint density at radius 2 is 2.00 bits per heavy atom. The molecule has 0 saturated carbocycles. The zero-order valence-corrected chi connectivity index (χ0v) is 11.0. The van der Waals surface area contributed by atoms with Crippen LogP contribution in [0.2, 0.25) is 0 Å². The standard InChI is InChI=1S/C15H17NO3/c1-11-5-7-13(8-6-11)16(10-15(17)18)12(2)14-4-3-9-19-14/h3-9,12H,10H2,1-2H3,(H,17,18). The number of hydrogen-bond donors (Lipinski definition) is 1. The Morgan fingerprint density at radius 1 is 1.32 bits per heavy atom. The molecule has 4 heteroatoms. The molecule has 1 unspecified atom stereocenters. The van der Waals surface area contributed by atoms with Gasteiger partial charge in [-0.2, -0.15) is 0 Å². The van der Waals surface area contributed by atoms with Crippen molar-refractivity contribution < 1.29 is 14.3 Å². The second-order valence-electron chi connectivity index (χ2n) is 4.55. The smallest absolute Gasteiger partial charge is 0.323 e. The van der Waals surface area contributed by atoms with Gasteiger partial charge in [-0.05, 0) is 38.1 Å². The molecule has 4 nitrogen and oxygen atoms in total. The summed E-state index contributed by atoms with van der Waals surface area (Å²) in [5.41, 5.74) is 2.02. The molecule has 0 aliphatic rings. The van der Waals surface area contributed by atoms with Gasteiger partial charge in [-0.1, -0.05) is 17.7 Å². The van der Waals surface area contributed by atoms with Crippen LogP contribution in [0.25, 0.3) is 0 Å². The van der Waals surface area contributed by atoms with Crippen molar-refractivity contribution in [3.05, 3.63) is 54.0 Å². The third-order valence-corrected chi connectivity index (χ3v) is 3.09. The summed E-state index contributed by atoms with van der Waals surface area (Å²) in [6, 6.07) is 11.3. The summed E-state index contributed by atoms with van der Waals surface area (Å²) in [6.45, 7) is 3.87. The number of carbonyl (C=O) groups is 1. The van der Waals surface area contributed by atoms with E-state index in [1.54, 1.807) is 17.2 Å². The van der Waals surface area contributed by atoms with E-state index in [1.165, 1.54) is 0 Å². The first-order valence-corrected chi connectivity index (χ1v) is 6.16. The highest BCUT2D eigenvalue weighted by molar-refractivity contribution is 5.74. The Hall–Kier alpha value is -2.23. The van der Waals surface area contributed by atoms with E-state index in [0.717, 1.165) is 17.0 Å². The maximum absolute atomic E-state index is 11.1. The van der Waals surface area contributed by atoms with Crippen molar-refractivity contribution in [1.29, 1.82) is 0 Å². The molecule has 0 spiro atoms. The Labute approximate surface area is 112 Å². The molecule has 1 aromatic heterocycles. The molecule has 100 valence electrons. The number of nitrogens with zero attached hydrogens (tertiary/aromatic N) is 1. The van der Waals surface area contributed by atoms with E-state index in [2.05, 4.69) is 0 Å². The van der Waals surface area contributed by atoms with Crippen LogP contribution in [0.3, 0.4) is 0 Å². The zero-order chi connectivity index (χ0) is 13.8. The van der Waals surface area contributed by atoms with Gasteiger partial charge < -0.3 is 14.4 Å². The molecule has 1 heterocycles. The summed E-state index contributed by atoms with van der Waals surface area (Å²) in [5, 5.41) is 9.07. The molecular weight excluding hydrogens is 242 g/mol. The molecule has 2 rings (SSSR count). The molecule has 0 amide bonds. The van der Waals surface area contributed by atoms with Gasteiger partial charge in [-0.15, -0.1) is 0 Å². The summed E-state index contributed by atoms with van der Waals surface area (Å²) in [6.07, 6.45) is 1.60. The molecule has 0 bridgehead atoms. The van der Waals surface area contributed by atoms with Crippen LogP contribution < -0.4 is 4.90 Å². The lowest BCUT2D eigenvalue weighted by Crippen LogP contribution is -2.32. The van der Waals surface area contributed by atoms with Gasteiger partial charge in [0.25, 0.3) is 0 Å². The second-order valence-corrected chi connectivity index (χ2v) is 4.55. The van der Waals surface area contributed by atoms with Gasteiger partial charge in [0, 0.05) is 5.69 Å². The van der Waals surface area contributed by atoms with Gasteiger partial charge in [-0.25, -0.2) is 0 Å². The fourth-order valence-electron chi connectivity index (χ4n) is 2.02. The van der Waals surface area contributed by atoms with Crippen molar-refractivity contribution in [2.24, 2.45) is 0 Å². The number of carboxylic acids is 1. The van der Waals surface area contributed by atoms with Crippen LogP contribution >= 0.6 is 0 Å². The first kappa shape index (κ1) is 13.2. The van der Waals surface area contributed by atoms with Gasteiger partial charge in [0.15, 0.2) is 0 Å². The molecule has 0 aliphatic heterocycles. The summed E-state index contributed by atoms with van der Waals surface area (Å²) in [7, 11) is 0. The molecule has 1 aromatic carbocycles. The number of furan rings is 1. The van der Waals surface area contributed by atoms with Crippen molar-refractivity contribution in [3.63, 3.8) is 0 Å². The minimum atomic E-state index is -0.862. The predicted octanol–water partition coefficient (Wildman–Crippen LogP) is 3.24. The molecule has 0 radical (unpaired) electrons. The Kier molecular flexibility index (Phi) is 3.90. The lowest BCUT2D eigenvalue weighted by Gasteiger charge is -2.28. The first-order valence-electron chi connectivity index (χ1n) is 6.16. The molecule has 0 fully saturated rings. The molecule has 0 saturated heterocycles. The van der Waals surface area contributed by atoms with Crippen molar-refractivity contribution in [1.82, 2.24) is 0 Å². The maximum atomic E-state index is 11.1. The largest absolute Gasteiger partial charge is 0.480 e. The summed E-state index contributed by atoms with van der Waals surface area (Å²) in [4.78, 5) is 12.9. The van der Waals surface area contributed by atoms with E-state index < -0.39 is 5.97 Å². The van der Waals surface area contributed by atoms with Crippen molar-refractivity contribution in [2.45, 2.75) is 19.9 Å². The topological polar surface area (TPSA) is 53.7 Å². The number of benzene rings is 1. The van der Waals surface area contributed by atoms with Crippen LogP contribution in [0, 0.1) is 6.92 Å². The third kappa shape index (κ3) is 3.16. The lowest BCUT2D eigenvalue weighted by atomic mass is 10.1. The van der Waals surface area contributed by atoms with Crippen LogP contribution in [-0.2, 0) is 4.79 Å². The van der Waals surface area contributed by atoms with Crippen LogP contribution in [0.5, 0.6) is 0 Å². The normalized spacial score (nSPS) is 12.1. The predicted molar refractivity (Wildman–Crippen MR) is 73.3 cm³/mol. The van der Waals surface area contributed by atoms with Gasteiger partial charge in [0.1, 0.15) is 12.3 Å². The number of carboxylic acid groups (broad SMARTS) is 1. The second kappa shape index (κ2) is 5.61. The number of aryl methyl sites for hydroxylation is 1. The van der Waals surface area contributed by atoms with Crippen LogP contribution in [0.4, 0.5) is 5.69 Å². The van der Waals surface area contributed by atoms with Gasteiger partial charge in [-0.3, -0.25) is 4.79 Å². The average Bonchev–Trinajstić information content (AvgIpc) is 2.90. The van der Waals surface area contributed by atoms with Crippen molar-refractivity contribution in [2.75, 3.05) is 11.4 Å². The van der Waals surface area contributed by atoms with Gasteiger partial charge >= 0.3 is 5.97 Å². The minimum absolute atomic E-state index is 0.0646. The Bertz CT molecular complexity index is 531. The molecule has 1 atom stereocenters. The average molecular weight is 259 g/mol. The Balaban J connectivity index is 2.30. The van der Waals surface area contributed by atoms with E-state index in [4.69, 9.17) is 9.52 Å². The maximum Gasteiger partial charge on any atom is 0.323 e. The highest BCUT2D eigenvalue weighted by Crippen LogP contribution is 2.27. The van der Waals surface area contributed by atoms with E-state index in [9.17, 15) is 4.79 Å². The summed E-state index contributed by atoms with van der Waals surface area (Å²) in [5.74, 6) is -0.110. The molecule has 19 heavy (non-hydrogen) atoms. The van der Waals surface area contributed by atoms with Crippen LogP contribution in [0.15, 0.2) is 47.1 Å². The molecular formula is C15H17NO3. The number of hydrogen-bond acceptors (Lipinski definition) is 3. The monoisotopic (exact) mass is 259 g/mol. The van der Waals surface area contributed by atoms with Crippen molar-refractivity contribution in [3.8, 4) is 0 Å². The summed E-state index contributed by atoms with van der Waals surface area (Å²) < 4.78 is 5.37. The van der Waals surface area contributed by atoms with Gasteiger partial charge in [0.2, 0.25) is 0 Å². The van der Waals surface area contributed by atoms with E-state index in [0.29, 0.717) is 0 Å². The van der Waals surface area contributed by atoms with Gasteiger partial charge in [0.05, 0.1) is 12.3 Å². The van der Waals surface area contributed by atoms with E-state index in [1.807, 2.05) is 44.2 Å². The molecule has 1 N–H and O–H groups in total. The SMILES string of the molecule is Cc1ccc(N(CC(=O)O)C(C)c2ccco2)cc1. The Morgan fingerprint density at radius 3 is 2.53 bits per heavy atom. The number of anilines is 1. The highest BCUT2D eigenvalue weighted by Gasteiger charge is 2.20. The molecule has 2 aromatic rings. The third-order valence-electron chi connectivity index (χ3n) is 3.09. The molecule has 0 aliphatic carbocycles. The fraction of sp³-hybridized carbons (Fsp3) is 0.267. The highest BCUT2D eigenvalue weighted by atomic mass is 16.4. The van der Waals surface area contributed by atoms with E-state index in [-0.39, 0.29) is 12.6 Å². The number of aliphatic carboxylic acids is 1. The quantitative estimate of drug-likeness (QED) is 0.895. The van der Waals surface area contributed by atoms with E-state index >= 15 is 0 Å². The first-order chi connectivity index (χ1) is 9.08. The fourth-order valence-corrected chi connectivity index (χ4v) is 2.02. The lowest BCUT2D eigenvalue weighted by molar-refractivity contribution is -0.135. The minimum Gasteiger partial charge on any atom is -0.480 e. The number of rotatable bonds is 5. The van der Waals surface area contributed by atoms with Crippen LogP contribution in [-0.4, -0.2) is 17.6 Å². The van der Waals surface area contributed by atoms with Crippen molar-refractivity contribution >= 4 is 11.7 Å². The van der Waals surface area contributed by atoms with Crippen LogP contribution in [0.1, 0.15) is 24.3 Å². The zero-order valence-electron chi connectivity index (χ0n) is 11.0.